The van der Waals surface area contributed by atoms with Crippen LogP contribution in [-0.2, 0) is 0 Å². The molecule has 2 rings (SSSR count). The van der Waals surface area contributed by atoms with Gasteiger partial charge in [0, 0.05) is 11.4 Å². The van der Waals surface area contributed by atoms with Gasteiger partial charge in [-0.15, -0.1) is 21.8 Å². The number of aromatic nitrogens is 2. The molecule has 0 aliphatic heterocycles. The van der Waals surface area contributed by atoms with E-state index in [-0.39, 0.29) is 0 Å². The van der Waals surface area contributed by atoms with Gasteiger partial charge in [0.05, 0.1) is 0 Å². The van der Waals surface area contributed by atoms with Crippen LogP contribution in [0.4, 0.5) is 5.13 Å². The van der Waals surface area contributed by atoms with Gasteiger partial charge in [-0.2, -0.15) is 0 Å². The minimum absolute atomic E-state index is 0.358. The average Bonchev–Trinajstić information content (AvgIpc) is 2.33. The number of anilines is 1. The molecule has 1 N–H and O–H groups in total. The minimum Gasteiger partial charge on any atom is -0.357 e. The third kappa shape index (κ3) is 1.69. The molecule has 1 saturated carbocycles. The Morgan fingerprint density at radius 1 is 1.50 bits per heavy atom. The van der Waals surface area contributed by atoms with Gasteiger partial charge in [0.25, 0.3) is 0 Å². The molecular weight excluding hydrogens is 194 g/mol. The summed E-state index contributed by atoms with van der Waals surface area (Å²) >= 11 is 7.43. The topological polar surface area (TPSA) is 37.8 Å². The Balaban J connectivity index is 1.88. The maximum Gasteiger partial charge on any atom is 0.205 e. The van der Waals surface area contributed by atoms with Crippen LogP contribution in [0.1, 0.15) is 17.8 Å². The molecule has 0 amide bonds. The van der Waals surface area contributed by atoms with Gasteiger partial charge < -0.3 is 5.32 Å². The smallest absolute Gasteiger partial charge is 0.205 e. The number of nitrogens with zero attached hydrogens (tertiary/aromatic N) is 2. The number of alkyl halides is 1. The molecule has 0 aromatic carbocycles. The van der Waals surface area contributed by atoms with Crippen LogP contribution < -0.4 is 5.32 Å². The van der Waals surface area contributed by atoms with Gasteiger partial charge in [0.2, 0.25) is 5.13 Å². The summed E-state index contributed by atoms with van der Waals surface area (Å²) in [7, 11) is 0. The fourth-order valence-corrected chi connectivity index (χ4v) is 2.29. The van der Waals surface area contributed by atoms with Gasteiger partial charge >= 0.3 is 0 Å². The van der Waals surface area contributed by atoms with E-state index in [2.05, 4.69) is 15.5 Å². The molecule has 0 spiro atoms. The molecule has 1 aliphatic carbocycles. The molecule has 0 saturated heterocycles. The second-order valence-electron chi connectivity index (χ2n) is 3.04. The molecule has 1 fully saturated rings. The van der Waals surface area contributed by atoms with E-state index < -0.39 is 0 Å². The summed E-state index contributed by atoms with van der Waals surface area (Å²) in [5.74, 6) is 0. The molecule has 5 heteroatoms. The highest BCUT2D eigenvalue weighted by molar-refractivity contribution is 7.15. The van der Waals surface area contributed by atoms with Crippen LogP contribution in [0.15, 0.2) is 0 Å². The van der Waals surface area contributed by atoms with Crippen molar-refractivity contribution in [2.75, 3.05) is 5.32 Å². The van der Waals surface area contributed by atoms with E-state index in [9.17, 15) is 0 Å². The van der Waals surface area contributed by atoms with Crippen LogP contribution in [0.3, 0.4) is 0 Å². The summed E-state index contributed by atoms with van der Waals surface area (Å²) in [4.78, 5) is 0. The molecule has 0 atom stereocenters. The second kappa shape index (κ2) is 3.18. The first-order valence-electron chi connectivity index (χ1n) is 3.95. The van der Waals surface area contributed by atoms with Crippen molar-refractivity contribution < 1.29 is 0 Å². The fourth-order valence-electron chi connectivity index (χ4n) is 1.20. The van der Waals surface area contributed by atoms with E-state index in [1.165, 1.54) is 0 Å². The largest absolute Gasteiger partial charge is 0.357 e. The van der Waals surface area contributed by atoms with Crippen LogP contribution in [0.5, 0.6) is 0 Å². The third-order valence-corrected chi connectivity index (χ3v) is 3.06. The van der Waals surface area contributed by atoms with Gasteiger partial charge in [-0.25, -0.2) is 0 Å². The third-order valence-electron chi connectivity index (χ3n) is 1.93. The zero-order valence-electron chi connectivity index (χ0n) is 6.75. The Hall–Kier alpha value is -0.350. The number of nitrogens with one attached hydrogen (secondary N) is 1. The van der Waals surface area contributed by atoms with Crippen LogP contribution >= 0.6 is 22.9 Å². The summed E-state index contributed by atoms with van der Waals surface area (Å²) in [6.07, 6.45) is 2.08. The summed E-state index contributed by atoms with van der Waals surface area (Å²) in [5, 5.41) is 13.5. The predicted octanol–water partition coefficient (Wildman–Crippen LogP) is 2.03. The van der Waals surface area contributed by atoms with Crippen molar-refractivity contribution in [3.05, 3.63) is 5.01 Å². The van der Waals surface area contributed by atoms with Crippen LogP contribution in [-0.4, -0.2) is 21.6 Å². The highest BCUT2D eigenvalue weighted by Gasteiger charge is 2.27. The van der Waals surface area contributed by atoms with Crippen molar-refractivity contribution in [2.24, 2.45) is 0 Å². The highest BCUT2D eigenvalue weighted by atomic mass is 35.5. The fraction of sp³-hybridized carbons (Fsp3) is 0.714. The van der Waals surface area contributed by atoms with Crippen LogP contribution in [0, 0.1) is 6.92 Å². The van der Waals surface area contributed by atoms with Gasteiger partial charge in [0.1, 0.15) is 5.01 Å². The Morgan fingerprint density at radius 3 is 2.75 bits per heavy atom. The van der Waals surface area contributed by atoms with Crippen LogP contribution in [0.2, 0.25) is 0 Å². The van der Waals surface area contributed by atoms with Gasteiger partial charge in [0.15, 0.2) is 0 Å². The normalized spacial score (nSPS) is 28.2. The predicted molar refractivity (Wildman–Crippen MR) is 50.9 cm³/mol. The summed E-state index contributed by atoms with van der Waals surface area (Å²) in [6.45, 7) is 1.95. The maximum atomic E-state index is 5.84. The molecule has 0 radical (unpaired) electrons. The molecule has 1 aromatic rings. The van der Waals surface area contributed by atoms with E-state index in [4.69, 9.17) is 11.6 Å². The highest BCUT2D eigenvalue weighted by Crippen LogP contribution is 2.29. The molecule has 12 heavy (non-hydrogen) atoms. The molecule has 0 unspecified atom stereocenters. The van der Waals surface area contributed by atoms with Crippen molar-refractivity contribution in [2.45, 2.75) is 31.2 Å². The molecule has 3 nitrogen and oxygen atoms in total. The Labute approximate surface area is 80.2 Å². The number of hydrogen-bond donors (Lipinski definition) is 1. The monoisotopic (exact) mass is 203 g/mol. The van der Waals surface area contributed by atoms with Crippen molar-refractivity contribution in [1.82, 2.24) is 10.2 Å². The molecule has 1 aliphatic rings. The van der Waals surface area contributed by atoms with E-state index in [0.717, 1.165) is 23.0 Å². The van der Waals surface area contributed by atoms with Gasteiger partial charge in [-0.05, 0) is 19.8 Å². The first-order chi connectivity index (χ1) is 5.74. The van der Waals surface area contributed by atoms with E-state index in [1.807, 2.05) is 6.92 Å². The van der Waals surface area contributed by atoms with Crippen molar-refractivity contribution in [1.29, 1.82) is 0 Å². The zero-order chi connectivity index (χ0) is 8.55. The number of hydrogen-bond acceptors (Lipinski definition) is 4. The number of rotatable bonds is 2. The lowest BCUT2D eigenvalue weighted by Gasteiger charge is -2.31. The summed E-state index contributed by atoms with van der Waals surface area (Å²) in [6, 6.07) is 0.514. The number of aryl methyl sites for hydroxylation is 1. The molecular formula is C7H10ClN3S. The lowest BCUT2D eigenvalue weighted by molar-refractivity contribution is 0.454. The molecule has 66 valence electrons. The van der Waals surface area contributed by atoms with E-state index in [1.54, 1.807) is 11.3 Å². The van der Waals surface area contributed by atoms with Crippen molar-refractivity contribution in [3.8, 4) is 0 Å². The lowest BCUT2D eigenvalue weighted by atomic mass is 9.93. The lowest BCUT2D eigenvalue weighted by Crippen LogP contribution is -2.35. The summed E-state index contributed by atoms with van der Waals surface area (Å²) < 4.78 is 0. The van der Waals surface area contributed by atoms with Crippen molar-refractivity contribution >= 4 is 28.1 Å². The first kappa shape index (κ1) is 8.26. The summed E-state index contributed by atoms with van der Waals surface area (Å²) in [5.41, 5.74) is 0. The zero-order valence-corrected chi connectivity index (χ0v) is 8.32. The van der Waals surface area contributed by atoms with Crippen molar-refractivity contribution in [3.63, 3.8) is 0 Å². The second-order valence-corrected chi connectivity index (χ2v) is 4.84. The van der Waals surface area contributed by atoms with Gasteiger partial charge in [-0.1, -0.05) is 11.3 Å². The number of halogens is 1. The average molecular weight is 204 g/mol. The maximum absolute atomic E-state index is 5.84. The Bertz CT molecular complexity index is 269. The first-order valence-corrected chi connectivity index (χ1v) is 5.20. The Morgan fingerprint density at radius 2 is 2.25 bits per heavy atom. The standard InChI is InChI=1S/C7H10ClN3S/c1-4-10-11-7(12-4)9-6-2-5(8)3-6/h5-6H,2-3H2,1H3,(H,9,11). The minimum atomic E-state index is 0.358. The SMILES string of the molecule is Cc1nnc(NC2CC(Cl)C2)s1. The van der Waals surface area contributed by atoms with E-state index >= 15 is 0 Å². The van der Waals surface area contributed by atoms with Crippen LogP contribution in [0.25, 0.3) is 0 Å². The molecule has 1 heterocycles. The quantitative estimate of drug-likeness (QED) is 0.748. The Kier molecular flexibility index (Phi) is 2.19. The molecule has 1 aromatic heterocycles. The molecule has 0 bridgehead atoms. The van der Waals surface area contributed by atoms with E-state index in [0.29, 0.717) is 11.4 Å². The van der Waals surface area contributed by atoms with Gasteiger partial charge in [-0.3, -0.25) is 0 Å².